The number of likely N-dealkylation sites (tertiary alicyclic amines) is 1. The van der Waals surface area contributed by atoms with E-state index in [1.165, 1.54) is 0 Å². The van der Waals surface area contributed by atoms with E-state index in [1.807, 2.05) is 18.5 Å². The van der Waals surface area contributed by atoms with Gasteiger partial charge in [0.25, 0.3) is 0 Å². The van der Waals surface area contributed by atoms with Crippen LogP contribution in [-0.4, -0.2) is 46.3 Å². The van der Waals surface area contributed by atoms with Crippen molar-refractivity contribution in [1.29, 1.82) is 0 Å². The lowest BCUT2D eigenvalue weighted by molar-refractivity contribution is -0.126. The zero-order chi connectivity index (χ0) is 17.0. The van der Waals surface area contributed by atoms with Crippen molar-refractivity contribution < 1.29 is 9.59 Å². The Morgan fingerprint density at radius 3 is 2.57 bits per heavy atom. The average molecular weight is 321 g/mol. The minimum atomic E-state index is -0.401. The SMILES string of the molecule is Cc1cc(C)n(C[C@H](C)CNC(=O)C2CCN(C(N)=O)CC2)n1. The number of carbonyl (C=O) groups excluding carboxylic acids is 2. The van der Waals surface area contributed by atoms with Crippen LogP contribution in [-0.2, 0) is 11.3 Å². The molecule has 7 nitrogen and oxygen atoms in total. The second-order valence-electron chi connectivity index (χ2n) is 6.56. The van der Waals surface area contributed by atoms with Crippen LogP contribution in [0.25, 0.3) is 0 Å². The van der Waals surface area contributed by atoms with E-state index >= 15 is 0 Å². The van der Waals surface area contributed by atoms with Crippen LogP contribution in [0.2, 0.25) is 0 Å². The molecular weight excluding hydrogens is 294 g/mol. The molecule has 1 aliphatic heterocycles. The van der Waals surface area contributed by atoms with Gasteiger partial charge in [0, 0.05) is 37.8 Å². The van der Waals surface area contributed by atoms with Crippen molar-refractivity contribution in [2.24, 2.45) is 17.6 Å². The highest BCUT2D eigenvalue weighted by molar-refractivity contribution is 5.79. The summed E-state index contributed by atoms with van der Waals surface area (Å²) in [6.07, 6.45) is 1.36. The number of amides is 3. The third kappa shape index (κ3) is 4.71. The summed E-state index contributed by atoms with van der Waals surface area (Å²) in [5.74, 6) is 0.364. The van der Waals surface area contributed by atoms with Crippen molar-refractivity contribution >= 4 is 11.9 Å². The quantitative estimate of drug-likeness (QED) is 0.848. The Labute approximate surface area is 137 Å². The number of piperidine rings is 1. The highest BCUT2D eigenvalue weighted by atomic mass is 16.2. The Morgan fingerprint density at radius 1 is 1.39 bits per heavy atom. The lowest BCUT2D eigenvalue weighted by Gasteiger charge is -2.30. The first-order valence-electron chi connectivity index (χ1n) is 8.20. The van der Waals surface area contributed by atoms with Gasteiger partial charge in [-0.05, 0) is 38.7 Å². The largest absolute Gasteiger partial charge is 0.356 e. The summed E-state index contributed by atoms with van der Waals surface area (Å²) >= 11 is 0. The number of nitrogens with one attached hydrogen (secondary N) is 1. The Kier molecular flexibility index (Phi) is 5.63. The fourth-order valence-corrected chi connectivity index (χ4v) is 3.00. The zero-order valence-corrected chi connectivity index (χ0v) is 14.2. The number of nitrogens with two attached hydrogens (primary N) is 1. The topological polar surface area (TPSA) is 93.3 Å². The smallest absolute Gasteiger partial charge is 0.314 e. The van der Waals surface area contributed by atoms with E-state index in [0.717, 1.165) is 17.9 Å². The number of hydrogen-bond acceptors (Lipinski definition) is 3. The summed E-state index contributed by atoms with van der Waals surface area (Å²) < 4.78 is 1.98. The van der Waals surface area contributed by atoms with Crippen LogP contribution in [0.5, 0.6) is 0 Å². The first kappa shape index (κ1) is 17.3. The Hall–Kier alpha value is -2.05. The van der Waals surface area contributed by atoms with Crippen molar-refractivity contribution in [1.82, 2.24) is 20.0 Å². The van der Waals surface area contributed by atoms with Crippen molar-refractivity contribution in [2.75, 3.05) is 19.6 Å². The zero-order valence-electron chi connectivity index (χ0n) is 14.2. The molecule has 1 aliphatic rings. The van der Waals surface area contributed by atoms with Gasteiger partial charge >= 0.3 is 6.03 Å². The number of urea groups is 1. The molecule has 1 saturated heterocycles. The van der Waals surface area contributed by atoms with E-state index in [9.17, 15) is 9.59 Å². The van der Waals surface area contributed by atoms with Gasteiger partial charge in [-0.3, -0.25) is 9.48 Å². The molecule has 0 saturated carbocycles. The van der Waals surface area contributed by atoms with Gasteiger partial charge in [-0.2, -0.15) is 5.10 Å². The molecule has 23 heavy (non-hydrogen) atoms. The number of hydrogen-bond donors (Lipinski definition) is 2. The van der Waals surface area contributed by atoms with Crippen LogP contribution in [0.4, 0.5) is 4.79 Å². The Bertz CT molecular complexity index is 561. The summed E-state index contributed by atoms with van der Waals surface area (Å²) in [6.45, 7) is 8.68. The standard InChI is InChI=1S/C16H27N5O2/c1-11(10-21-13(3)8-12(2)19-21)9-18-15(22)14-4-6-20(7-5-14)16(17)23/h8,11,14H,4-7,9-10H2,1-3H3,(H2,17,23)(H,18,22)/t11-/m1/s1. The summed E-state index contributed by atoms with van der Waals surface area (Å²) in [6, 6.07) is 1.65. The van der Waals surface area contributed by atoms with Crippen molar-refractivity contribution in [2.45, 2.75) is 40.2 Å². The molecule has 3 amide bonds. The van der Waals surface area contributed by atoms with Crippen LogP contribution < -0.4 is 11.1 Å². The predicted octanol–water partition coefficient (Wildman–Crippen LogP) is 1.04. The number of carbonyl (C=O) groups is 2. The maximum Gasteiger partial charge on any atom is 0.314 e. The van der Waals surface area contributed by atoms with Gasteiger partial charge in [0.1, 0.15) is 0 Å². The molecule has 1 atom stereocenters. The fraction of sp³-hybridized carbons (Fsp3) is 0.688. The third-order valence-electron chi connectivity index (χ3n) is 4.39. The third-order valence-corrected chi connectivity index (χ3v) is 4.39. The fourth-order valence-electron chi connectivity index (χ4n) is 3.00. The minimum absolute atomic E-state index is 0.0218. The first-order chi connectivity index (χ1) is 10.9. The molecule has 0 unspecified atom stereocenters. The summed E-state index contributed by atoms with van der Waals surface area (Å²) in [5.41, 5.74) is 7.40. The van der Waals surface area contributed by atoms with E-state index in [-0.39, 0.29) is 11.8 Å². The minimum Gasteiger partial charge on any atom is -0.356 e. The molecule has 3 N–H and O–H groups in total. The van der Waals surface area contributed by atoms with Crippen LogP contribution in [0.15, 0.2) is 6.07 Å². The van der Waals surface area contributed by atoms with E-state index in [0.29, 0.717) is 38.4 Å². The lowest BCUT2D eigenvalue weighted by Crippen LogP contribution is -2.45. The van der Waals surface area contributed by atoms with Crippen LogP contribution in [0.3, 0.4) is 0 Å². The highest BCUT2D eigenvalue weighted by Crippen LogP contribution is 2.17. The lowest BCUT2D eigenvalue weighted by atomic mass is 9.96. The number of aryl methyl sites for hydroxylation is 2. The average Bonchev–Trinajstić information content (AvgIpc) is 2.82. The second-order valence-corrected chi connectivity index (χ2v) is 6.56. The summed E-state index contributed by atoms with van der Waals surface area (Å²) in [7, 11) is 0. The van der Waals surface area contributed by atoms with Gasteiger partial charge in [-0.15, -0.1) is 0 Å². The molecular formula is C16H27N5O2. The van der Waals surface area contributed by atoms with Crippen molar-refractivity contribution in [3.05, 3.63) is 17.5 Å². The summed E-state index contributed by atoms with van der Waals surface area (Å²) in [4.78, 5) is 24.9. The van der Waals surface area contributed by atoms with Gasteiger partial charge < -0.3 is 16.0 Å². The Balaban J connectivity index is 1.74. The molecule has 0 aliphatic carbocycles. The predicted molar refractivity (Wildman–Crippen MR) is 87.8 cm³/mol. The molecule has 7 heteroatoms. The van der Waals surface area contributed by atoms with Crippen LogP contribution in [0, 0.1) is 25.7 Å². The number of rotatable bonds is 5. The number of primary amides is 1. The summed E-state index contributed by atoms with van der Waals surface area (Å²) in [5, 5.41) is 7.47. The van der Waals surface area contributed by atoms with E-state index in [2.05, 4.69) is 23.4 Å². The van der Waals surface area contributed by atoms with Crippen LogP contribution >= 0.6 is 0 Å². The monoisotopic (exact) mass is 321 g/mol. The maximum atomic E-state index is 12.2. The van der Waals surface area contributed by atoms with Gasteiger partial charge in [0.2, 0.25) is 5.91 Å². The van der Waals surface area contributed by atoms with Gasteiger partial charge in [0.05, 0.1) is 5.69 Å². The highest BCUT2D eigenvalue weighted by Gasteiger charge is 2.26. The Morgan fingerprint density at radius 2 is 2.04 bits per heavy atom. The van der Waals surface area contributed by atoms with E-state index in [1.54, 1.807) is 4.90 Å². The first-order valence-corrected chi connectivity index (χ1v) is 8.20. The molecule has 0 aromatic carbocycles. The van der Waals surface area contributed by atoms with Crippen molar-refractivity contribution in [3.63, 3.8) is 0 Å². The molecule has 1 fully saturated rings. The molecule has 0 radical (unpaired) electrons. The van der Waals surface area contributed by atoms with Gasteiger partial charge in [-0.1, -0.05) is 6.92 Å². The molecule has 1 aromatic rings. The molecule has 2 heterocycles. The van der Waals surface area contributed by atoms with Gasteiger partial charge in [-0.25, -0.2) is 4.79 Å². The van der Waals surface area contributed by atoms with Crippen molar-refractivity contribution in [3.8, 4) is 0 Å². The molecule has 0 bridgehead atoms. The number of aromatic nitrogens is 2. The second kappa shape index (κ2) is 7.48. The molecule has 128 valence electrons. The molecule has 0 spiro atoms. The van der Waals surface area contributed by atoms with E-state index < -0.39 is 6.03 Å². The molecule has 1 aromatic heterocycles. The van der Waals surface area contributed by atoms with Gasteiger partial charge in [0.15, 0.2) is 0 Å². The number of nitrogens with zero attached hydrogens (tertiary/aromatic N) is 3. The normalized spacial score (nSPS) is 17.1. The van der Waals surface area contributed by atoms with E-state index in [4.69, 9.17) is 5.73 Å². The molecule has 2 rings (SSSR count). The van der Waals surface area contributed by atoms with Crippen LogP contribution in [0.1, 0.15) is 31.2 Å². The maximum absolute atomic E-state index is 12.2.